The molecule has 1 fully saturated rings. The first-order valence-corrected chi connectivity index (χ1v) is 6.51. The first kappa shape index (κ1) is 14.1. The van der Waals surface area contributed by atoms with Crippen LogP contribution in [-0.4, -0.2) is 36.5 Å². The van der Waals surface area contributed by atoms with Crippen molar-refractivity contribution in [2.75, 3.05) is 19.8 Å². The van der Waals surface area contributed by atoms with E-state index in [-0.39, 0.29) is 19.2 Å². The molecule has 1 atom stereocenters. The van der Waals surface area contributed by atoms with Crippen molar-refractivity contribution in [2.45, 2.75) is 18.6 Å². The molecule has 0 unspecified atom stereocenters. The molecule has 3 N–H and O–H groups in total. The van der Waals surface area contributed by atoms with Crippen LogP contribution < -0.4 is 10.6 Å². The third-order valence-electron chi connectivity index (χ3n) is 3.03. The van der Waals surface area contributed by atoms with Crippen LogP contribution in [0.3, 0.4) is 0 Å². The van der Waals surface area contributed by atoms with E-state index in [1.807, 2.05) is 12.1 Å². The molecule has 1 heterocycles. The lowest BCUT2D eigenvalue weighted by molar-refractivity contribution is 0.0292. The molecule has 1 aromatic rings. The zero-order valence-electron chi connectivity index (χ0n) is 10.5. The van der Waals surface area contributed by atoms with Crippen LogP contribution in [0, 0.1) is 0 Å². The number of urea groups is 1. The Balaban J connectivity index is 1.71. The number of rotatable bonds is 4. The summed E-state index contributed by atoms with van der Waals surface area (Å²) in [4.78, 5) is 11.6. The van der Waals surface area contributed by atoms with E-state index in [1.54, 1.807) is 12.1 Å². The van der Waals surface area contributed by atoms with E-state index < -0.39 is 5.60 Å². The van der Waals surface area contributed by atoms with Gasteiger partial charge in [0.15, 0.2) is 0 Å². The van der Waals surface area contributed by atoms with Crippen molar-refractivity contribution in [3.05, 3.63) is 34.9 Å². The number of hydrogen-bond donors (Lipinski definition) is 3. The van der Waals surface area contributed by atoms with Crippen molar-refractivity contribution in [3.8, 4) is 0 Å². The first-order valence-electron chi connectivity index (χ1n) is 6.14. The van der Waals surface area contributed by atoms with Crippen LogP contribution in [-0.2, 0) is 11.3 Å². The second-order valence-corrected chi connectivity index (χ2v) is 5.13. The summed E-state index contributed by atoms with van der Waals surface area (Å²) in [7, 11) is 0. The quantitative estimate of drug-likeness (QED) is 0.780. The van der Waals surface area contributed by atoms with Crippen molar-refractivity contribution < 1.29 is 14.6 Å². The molecule has 5 nitrogen and oxygen atoms in total. The average molecular weight is 285 g/mol. The largest absolute Gasteiger partial charge is 0.386 e. The van der Waals surface area contributed by atoms with Gasteiger partial charge in [-0.2, -0.15) is 0 Å². The summed E-state index contributed by atoms with van der Waals surface area (Å²) in [6.07, 6.45) is 0.546. The van der Waals surface area contributed by atoms with Crippen molar-refractivity contribution in [1.82, 2.24) is 10.6 Å². The number of benzene rings is 1. The molecular formula is C13H17ClN2O3. The van der Waals surface area contributed by atoms with Crippen LogP contribution in [0.4, 0.5) is 4.79 Å². The maximum absolute atomic E-state index is 11.6. The second kappa shape index (κ2) is 6.23. The predicted octanol–water partition coefficient (Wildman–Crippen LogP) is 1.29. The fourth-order valence-corrected chi connectivity index (χ4v) is 1.95. The zero-order chi connectivity index (χ0) is 13.7. The van der Waals surface area contributed by atoms with Gasteiger partial charge >= 0.3 is 6.03 Å². The van der Waals surface area contributed by atoms with Crippen LogP contribution >= 0.6 is 11.6 Å². The van der Waals surface area contributed by atoms with Gasteiger partial charge in [-0.15, -0.1) is 0 Å². The van der Waals surface area contributed by atoms with Crippen LogP contribution in [0.5, 0.6) is 0 Å². The van der Waals surface area contributed by atoms with E-state index in [0.717, 1.165) is 5.56 Å². The van der Waals surface area contributed by atoms with E-state index in [1.165, 1.54) is 0 Å². The molecule has 6 heteroatoms. The molecule has 0 aromatic heterocycles. The highest BCUT2D eigenvalue weighted by atomic mass is 35.5. The van der Waals surface area contributed by atoms with Gasteiger partial charge in [-0.25, -0.2) is 4.79 Å². The van der Waals surface area contributed by atoms with Crippen molar-refractivity contribution in [3.63, 3.8) is 0 Å². The maximum Gasteiger partial charge on any atom is 0.315 e. The van der Waals surface area contributed by atoms with Gasteiger partial charge in [0.1, 0.15) is 5.60 Å². The van der Waals surface area contributed by atoms with Gasteiger partial charge in [-0.3, -0.25) is 0 Å². The van der Waals surface area contributed by atoms with Gasteiger partial charge < -0.3 is 20.5 Å². The Kier molecular flexibility index (Phi) is 4.63. The molecule has 1 aliphatic rings. The number of nitrogens with one attached hydrogen (secondary N) is 2. The fraction of sp³-hybridized carbons (Fsp3) is 0.462. The molecule has 0 bridgehead atoms. The minimum atomic E-state index is -0.933. The van der Waals surface area contributed by atoms with Crippen molar-refractivity contribution in [2.24, 2.45) is 0 Å². The van der Waals surface area contributed by atoms with Gasteiger partial charge in [0.2, 0.25) is 0 Å². The van der Waals surface area contributed by atoms with Crippen LogP contribution in [0.25, 0.3) is 0 Å². The number of carbonyl (C=O) groups excluding carboxylic acids is 1. The Morgan fingerprint density at radius 2 is 2.11 bits per heavy atom. The van der Waals surface area contributed by atoms with Gasteiger partial charge in [0.05, 0.1) is 13.2 Å². The summed E-state index contributed by atoms with van der Waals surface area (Å²) >= 11 is 5.77. The van der Waals surface area contributed by atoms with E-state index in [9.17, 15) is 9.90 Å². The number of ether oxygens (including phenoxy) is 1. The molecule has 0 aliphatic carbocycles. The molecule has 1 saturated heterocycles. The van der Waals surface area contributed by atoms with E-state index in [2.05, 4.69) is 10.6 Å². The number of aliphatic hydroxyl groups is 1. The summed E-state index contributed by atoms with van der Waals surface area (Å²) in [5.41, 5.74) is 0.0277. The smallest absolute Gasteiger partial charge is 0.315 e. The van der Waals surface area contributed by atoms with Crippen LogP contribution in [0.2, 0.25) is 5.02 Å². The number of hydrogen-bond acceptors (Lipinski definition) is 3. The van der Waals surface area contributed by atoms with Crippen LogP contribution in [0.1, 0.15) is 12.0 Å². The lowest BCUT2D eigenvalue weighted by Crippen LogP contribution is -2.46. The maximum atomic E-state index is 11.6. The Labute approximate surface area is 116 Å². The topological polar surface area (TPSA) is 70.6 Å². The molecule has 2 amide bonds. The molecule has 2 rings (SSSR count). The van der Waals surface area contributed by atoms with Gasteiger partial charge in [-0.05, 0) is 17.7 Å². The standard InChI is InChI=1S/C13H17ClN2O3/c14-11-3-1-10(2-4-11)7-15-12(17)16-8-13(18)5-6-19-9-13/h1-4,18H,5-9H2,(H2,15,16,17)/t13-/m1/s1. The minimum absolute atomic E-state index is 0.194. The molecule has 1 aromatic carbocycles. The van der Waals surface area contributed by atoms with E-state index >= 15 is 0 Å². The second-order valence-electron chi connectivity index (χ2n) is 4.69. The molecule has 0 saturated carbocycles. The predicted molar refractivity (Wildman–Crippen MR) is 72.1 cm³/mol. The summed E-state index contributed by atoms with van der Waals surface area (Å²) in [6.45, 7) is 1.41. The SMILES string of the molecule is O=C(NCc1ccc(Cl)cc1)NC[C@]1(O)CCOC1. The van der Waals surface area contributed by atoms with Crippen molar-refractivity contribution in [1.29, 1.82) is 0 Å². The van der Waals surface area contributed by atoms with Crippen LogP contribution in [0.15, 0.2) is 24.3 Å². The monoisotopic (exact) mass is 284 g/mol. The zero-order valence-corrected chi connectivity index (χ0v) is 11.2. The van der Waals surface area contributed by atoms with Gasteiger partial charge in [0, 0.05) is 24.6 Å². The summed E-state index contributed by atoms with van der Waals surface area (Å²) < 4.78 is 5.10. The first-order chi connectivity index (χ1) is 9.07. The van der Waals surface area contributed by atoms with Gasteiger partial charge in [0.25, 0.3) is 0 Å². The lowest BCUT2D eigenvalue weighted by Gasteiger charge is -2.20. The number of amides is 2. The van der Waals surface area contributed by atoms with E-state index in [0.29, 0.717) is 24.6 Å². The summed E-state index contributed by atoms with van der Waals surface area (Å²) in [5, 5.41) is 16.0. The van der Waals surface area contributed by atoms with E-state index in [4.69, 9.17) is 16.3 Å². The molecule has 19 heavy (non-hydrogen) atoms. The Hall–Kier alpha value is -1.30. The normalized spacial score (nSPS) is 22.2. The highest BCUT2D eigenvalue weighted by Crippen LogP contribution is 2.16. The summed E-state index contributed by atoms with van der Waals surface area (Å²) in [5.74, 6) is 0. The third-order valence-corrected chi connectivity index (χ3v) is 3.28. The Morgan fingerprint density at radius 1 is 1.37 bits per heavy atom. The molecular weight excluding hydrogens is 268 g/mol. The fourth-order valence-electron chi connectivity index (χ4n) is 1.83. The molecule has 0 spiro atoms. The van der Waals surface area contributed by atoms with Gasteiger partial charge in [-0.1, -0.05) is 23.7 Å². The Morgan fingerprint density at radius 3 is 2.74 bits per heavy atom. The molecule has 104 valence electrons. The highest BCUT2D eigenvalue weighted by molar-refractivity contribution is 6.30. The molecule has 1 aliphatic heterocycles. The Bertz CT molecular complexity index is 430. The highest BCUT2D eigenvalue weighted by Gasteiger charge is 2.32. The van der Waals surface area contributed by atoms with Crippen molar-refractivity contribution >= 4 is 17.6 Å². The average Bonchev–Trinajstić information content (AvgIpc) is 2.83. The third kappa shape index (κ3) is 4.38. The molecule has 0 radical (unpaired) electrons. The lowest BCUT2D eigenvalue weighted by atomic mass is 10.0. The summed E-state index contributed by atoms with van der Waals surface area (Å²) in [6, 6.07) is 6.93. The number of carbonyl (C=O) groups is 1. The number of halogens is 1. The minimum Gasteiger partial charge on any atom is -0.386 e.